The van der Waals surface area contributed by atoms with Gasteiger partial charge in [0.2, 0.25) is 0 Å². The minimum Gasteiger partial charge on any atom is -0.460 e. The number of carbonyl (C=O) groups is 1. The highest BCUT2D eigenvalue weighted by Gasteiger charge is 2.18. The summed E-state index contributed by atoms with van der Waals surface area (Å²) >= 11 is 0. The van der Waals surface area contributed by atoms with Crippen LogP contribution in [-0.2, 0) is 4.74 Å². The lowest BCUT2D eigenvalue weighted by atomic mass is 9.95. The molecule has 1 aromatic carbocycles. The third-order valence-corrected chi connectivity index (χ3v) is 5.22. The van der Waals surface area contributed by atoms with Crippen molar-refractivity contribution in [3.8, 4) is 0 Å². The lowest BCUT2D eigenvalue weighted by Gasteiger charge is -2.27. The first kappa shape index (κ1) is 19.8. The second-order valence-electron chi connectivity index (χ2n) is 6.92. The summed E-state index contributed by atoms with van der Waals surface area (Å²) in [6, 6.07) is 8.58. The molecule has 0 amide bonds. The summed E-state index contributed by atoms with van der Waals surface area (Å²) in [5.41, 5.74) is 1.77. The number of ether oxygens (including phenoxy) is 1. The van der Waals surface area contributed by atoms with E-state index in [4.69, 9.17) is 4.74 Å². The quantitative estimate of drug-likeness (QED) is 0.673. The van der Waals surface area contributed by atoms with Crippen molar-refractivity contribution in [3.05, 3.63) is 29.8 Å². The molecule has 0 unspecified atom stereocenters. The number of hydrogen-bond donors (Lipinski definition) is 1. The van der Waals surface area contributed by atoms with Crippen LogP contribution in [0.3, 0.4) is 0 Å². The van der Waals surface area contributed by atoms with Crippen molar-refractivity contribution in [3.63, 3.8) is 0 Å². The van der Waals surface area contributed by atoms with Crippen molar-refractivity contribution in [1.29, 1.82) is 0 Å². The Morgan fingerprint density at radius 1 is 1.12 bits per heavy atom. The zero-order valence-corrected chi connectivity index (χ0v) is 16.1. The molecule has 1 N–H and O–H groups in total. The van der Waals surface area contributed by atoms with Crippen molar-refractivity contribution in [2.45, 2.75) is 71.4 Å². The molecule has 1 atom stereocenters. The van der Waals surface area contributed by atoms with Crippen molar-refractivity contribution in [2.75, 3.05) is 24.6 Å². The molecule has 1 aliphatic carbocycles. The topological polar surface area (TPSA) is 41.6 Å². The Kier molecular flexibility index (Phi) is 8.26. The van der Waals surface area contributed by atoms with E-state index in [1.807, 2.05) is 24.3 Å². The van der Waals surface area contributed by atoms with Crippen molar-refractivity contribution in [1.82, 2.24) is 5.32 Å². The molecule has 0 aromatic heterocycles. The predicted octanol–water partition coefficient (Wildman–Crippen LogP) is 4.39. The fourth-order valence-electron chi connectivity index (χ4n) is 3.54. The Labute approximate surface area is 152 Å². The second-order valence-corrected chi connectivity index (χ2v) is 6.92. The molecule has 1 aromatic rings. The summed E-state index contributed by atoms with van der Waals surface area (Å²) in [5.74, 6) is -0.227. The van der Waals surface area contributed by atoms with Crippen LogP contribution < -0.4 is 10.2 Å². The van der Waals surface area contributed by atoms with Gasteiger partial charge in [-0.05, 0) is 57.4 Å². The van der Waals surface area contributed by atoms with Crippen molar-refractivity contribution in [2.24, 2.45) is 0 Å². The highest BCUT2D eigenvalue weighted by Crippen LogP contribution is 2.19. The second kappa shape index (κ2) is 10.4. The molecule has 25 heavy (non-hydrogen) atoms. The molecule has 0 radical (unpaired) electrons. The molecule has 1 saturated carbocycles. The lowest BCUT2D eigenvalue weighted by molar-refractivity contribution is 0.0453. The fraction of sp³-hybridized carbons (Fsp3) is 0.667. The highest BCUT2D eigenvalue weighted by atomic mass is 16.5. The predicted molar refractivity (Wildman–Crippen MR) is 104 cm³/mol. The maximum absolute atomic E-state index is 12.3. The fourth-order valence-corrected chi connectivity index (χ4v) is 3.54. The van der Waals surface area contributed by atoms with Crippen LogP contribution in [0.25, 0.3) is 0 Å². The van der Waals surface area contributed by atoms with Gasteiger partial charge in [-0.3, -0.25) is 0 Å². The number of esters is 1. The van der Waals surface area contributed by atoms with Crippen LogP contribution in [0.15, 0.2) is 24.3 Å². The van der Waals surface area contributed by atoms with Crippen LogP contribution in [0.2, 0.25) is 0 Å². The van der Waals surface area contributed by atoms with Gasteiger partial charge in [0.25, 0.3) is 0 Å². The van der Waals surface area contributed by atoms with E-state index in [-0.39, 0.29) is 12.0 Å². The lowest BCUT2D eigenvalue weighted by Crippen LogP contribution is -2.42. The van der Waals surface area contributed by atoms with Gasteiger partial charge >= 0.3 is 5.97 Å². The Morgan fingerprint density at radius 3 is 2.32 bits per heavy atom. The van der Waals surface area contributed by atoms with Gasteiger partial charge in [-0.15, -0.1) is 0 Å². The van der Waals surface area contributed by atoms with Crippen LogP contribution in [0, 0.1) is 0 Å². The molecule has 0 saturated heterocycles. The zero-order valence-electron chi connectivity index (χ0n) is 16.1. The Morgan fingerprint density at radius 2 is 1.76 bits per heavy atom. The maximum atomic E-state index is 12.3. The highest BCUT2D eigenvalue weighted by molar-refractivity contribution is 5.89. The summed E-state index contributed by atoms with van der Waals surface area (Å²) in [6.45, 7) is 8.79. The smallest absolute Gasteiger partial charge is 0.338 e. The maximum Gasteiger partial charge on any atom is 0.338 e. The Bertz CT molecular complexity index is 505. The van der Waals surface area contributed by atoms with E-state index in [0.29, 0.717) is 18.2 Å². The molecule has 4 heteroatoms. The third kappa shape index (κ3) is 6.03. The molecule has 0 bridgehead atoms. The van der Waals surface area contributed by atoms with Crippen LogP contribution in [0.4, 0.5) is 5.69 Å². The molecular weight excluding hydrogens is 312 g/mol. The minimum atomic E-state index is -0.227. The van der Waals surface area contributed by atoms with Gasteiger partial charge in [0.1, 0.15) is 6.61 Å². The molecule has 1 fully saturated rings. The first-order chi connectivity index (χ1) is 12.2. The van der Waals surface area contributed by atoms with Gasteiger partial charge in [-0.1, -0.05) is 26.2 Å². The van der Waals surface area contributed by atoms with E-state index < -0.39 is 0 Å². The zero-order chi connectivity index (χ0) is 18.1. The van der Waals surface area contributed by atoms with E-state index in [9.17, 15) is 4.79 Å². The Balaban J connectivity index is 1.83. The van der Waals surface area contributed by atoms with Gasteiger partial charge in [-0.25, -0.2) is 4.79 Å². The number of nitrogens with zero attached hydrogens (tertiary/aromatic N) is 1. The first-order valence-electron chi connectivity index (χ1n) is 9.96. The van der Waals surface area contributed by atoms with Gasteiger partial charge in [0.05, 0.1) is 5.56 Å². The summed E-state index contributed by atoms with van der Waals surface area (Å²) in [4.78, 5) is 14.6. The Hall–Kier alpha value is -1.55. The molecule has 140 valence electrons. The first-order valence-corrected chi connectivity index (χ1v) is 9.96. The van der Waals surface area contributed by atoms with E-state index in [0.717, 1.165) is 25.2 Å². The third-order valence-electron chi connectivity index (χ3n) is 5.22. The van der Waals surface area contributed by atoms with E-state index in [2.05, 4.69) is 31.0 Å². The summed E-state index contributed by atoms with van der Waals surface area (Å²) in [6.07, 6.45) is 7.45. The van der Waals surface area contributed by atoms with Gasteiger partial charge in [0.15, 0.2) is 0 Å². The number of anilines is 1. The largest absolute Gasteiger partial charge is 0.460 e. The minimum absolute atomic E-state index is 0.227. The molecule has 4 nitrogen and oxygen atoms in total. The molecule has 0 aliphatic heterocycles. The molecule has 0 heterocycles. The van der Waals surface area contributed by atoms with E-state index in [1.165, 1.54) is 32.1 Å². The number of benzene rings is 1. The molecule has 0 spiro atoms. The average molecular weight is 347 g/mol. The van der Waals surface area contributed by atoms with Crippen molar-refractivity contribution < 1.29 is 9.53 Å². The molecule has 1 aliphatic rings. The van der Waals surface area contributed by atoms with E-state index >= 15 is 0 Å². The normalized spacial score (nSPS) is 16.4. The summed E-state index contributed by atoms with van der Waals surface area (Å²) in [7, 11) is 0. The average Bonchev–Trinajstić information content (AvgIpc) is 2.67. The summed E-state index contributed by atoms with van der Waals surface area (Å²) in [5, 5.41) is 3.67. The number of rotatable bonds is 9. The monoisotopic (exact) mass is 346 g/mol. The number of carbonyl (C=O) groups excluding carboxylic acids is 1. The van der Waals surface area contributed by atoms with Crippen LogP contribution in [0.1, 0.15) is 69.7 Å². The molecular formula is C21H34N2O2. The van der Waals surface area contributed by atoms with Crippen LogP contribution in [-0.4, -0.2) is 37.7 Å². The summed E-state index contributed by atoms with van der Waals surface area (Å²) < 4.78 is 5.56. The van der Waals surface area contributed by atoms with Gasteiger partial charge in [-0.2, -0.15) is 0 Å². The van der Waals surface area contributed by atoms with Gasteiger partial charge in [0, 0.05) is 30.9 Å². The van der Waals surface area contributed by atoms with Crippen LogP contribution >= 0.6 is 0 Å². The standard InChI is InChI=1S/C21H34N2O2/c1-4-18(22-19-10-8-7-9-11-19)16-25-21(24)17-12-14-20(15-13-17)23(5-2)6-3/h12-15,18-19,22H,4-11,16H2,1-3H3/t18-/m0/s1. The molecule has 2 rings (SSSR count). The SMILES string of the molecule is CC[C@@H](COC(=O)c1ccc(N(CC)CC)cc1)NC1CCCCC1. The van der Waals surface area contributed by atoms with Crippen LogP contribution in [0.5, 0.6) is 0 Å². The van der Waals surface area contributed by atoms with E-state index in [1.54, 1.807) is 0 Å². The van der Waals surface area contributed by atoms with Crippen molar-refractivity contribution >= 4 is 11.7 Å². The number of nitrogens with one attached hydrogen (secondary N) is 1. The number of hydrogen-bond acceptors (Lipinski definition) is 4. The van der Waals surface area contributed by atoms with Gasteiger partial charge < -0.3 is 15.0 Å².